The van der Waals surface area contributed by atoms with Crippen molar-refractivity contribution >= 4 is 11.8 Å². The largest absolute Gasteiger partial charge is 0.490 e. The molecular formula is C38H62O9. The van der Waals surface area contributed by atoms with Crippen molar-refractivity contribution in [3.05, 3.63) is 22.3 Å². The van der Waals surface area contributed by atoms with Crippen LogP contribution in [0.5, 0.6) is 11.5 Å². The van der Waals surface area contributed by atoms with E-state index < -0.39 is 42.8 Å². The molecule has 0 saturated carbocycles. The number of Topliss-reactive ketones (excluding diaryl/α,β-unsaturated/α-hetero) is 1. The molecule has 1 fully saturated rings. The molecule has 47 heavy (non-hydrogen) atoms. The van der Waals surface area contributed by atoms with Gasteiger partial charge in [-0.15, -0.1) is 0 Å². The normalized spacial score (nSPS) is 23.7. The number of benzene rings is 1. The maximum absolute atomic E-state index is 12.1. The van der Waals surface area contributed by atoms with Crippen LogP contribution < -0.4 is 9.47 Å². The molecule has 268 valence electrons. The summed E-state index contributed by atoms with van der Waals surface area (Å²) in [6.07, 6.45) is 7.94. The smallest absolute Gasteiger partial charge is 0.378 e. The number of fused-ring (bicyclic) bond motifs is 1. The van der Waals surface area contributed by atoms with Crippen LogP contribution in [0.25, 0.3) is 0 Å². The Kier molecular flexibility index (Phi) is 15.0. The zero-order valence-corrected chi connectivity index (χ0v) is 30.2. The summed E-state index contributed by atoms with van der Waals surface area (Å²) in [6, 6.07) is 0. The predicted molar refractivity (Wildman–Crippen MR) is 182 cm³/mol. The molecule has 2 aliphatic heterocycles. The van der Waals surface area contributed by atoms with E-state index in [1.807, 2.05) is 20.8 Å². The molecule has 9 nitrogen and oxygen atoms in total. The van der Waals surface area contributed by atoms with Gasteiger partial charge < -0.3 is 34.3 Å². The van der Waals surface area contributed by atoms with E-state index in [0.717, 1.165) is 71.4 Å². The standard InChI is InChI=1S/C38H62O9/c1-23(2)12-9-13-24(3)14-10-15-25(4)16-11-18-38(8)19-17-30-28(7)33(26(5)27(6)34(30)47-38)44-21-29(40)22-45-36-32(42)37(43)46-35(36)31(41)20-39/h23-25,29,31,35-36,39-41H,9-22H2,1-8H3. The first-order chi connectivity index (χ1) is 22.2. The molecule has 0 bridgehead atoms. The number of ether oxygens (including phenoxy) is 4. The number of carbonyl (C=O) groups excluding carboxylic acids is 2. The number of esters is 1. The van der Waals surface area contributed by atoms with E-state index in [0.29, 0.717) is 5.75 Å². The van der Waals surface area contributed by atoms with Gasteiger partial charge in [-0.05, 0) is 87.8 Å². The fourth-order valence-electron chi connectivity index (χ4n) is 6.98. The van der Waals surface area contributed by atoms with Gasteiger partial charge >= 0.3 is 5.97 Å². The first kappa shape index (κ1) is 39.2. The number of aliphatic hydroxyl groups excluding tert-OH is 3. The first-order valence-corrected chi connectivity index (χ1v) is 17.9. The number of carbonyl (C=O) groups is 2. The second-order valence-electron chi connectivity index (χ2n) is 15.1. The molecule has 0 amide bonds. The zero-order chi connectivity index (χ0) is 34.9. The highest BCUT2D eigenvalue weighted by Gasteiger charge is 2.48. The van der Waals surface area contributed by atoms with Crippen molar-refractivity contribution in [1.82, 2.24) is 0 Å². The van der Waals surface area contributed by atoms with Gasteiger partial charge in [-0.3, -0.25) is 4.79 Å². The molecule has 7 atom stereocenters. The van der Waals surface area contributed by atoms with E-state index in [-0.39, 0.29) is 18.8 Å². The molecule has 7 unspecified atom stereocenters. The Bertz CT molecular complexity index is 1180. The number of cyclic esters (lactones) is 1. The Hall–Kier alpha value is -2.20. The molecule has 0 spiro atoms. The third-order valence-electron chi connectivity index (χ3n) is 10.3. The minimum absolute atomic E-state index is 0.101. The summed E-state index contributed by atoms with van der Waals surface area (Å²) in [5.74, 6) is 1.91. The van der Waals surface area contributed by atoms with Crippen LogP contribution in [0, 0.1) is 38.5 Å². The SMILES string of the molecule is Cc1c(C)c2c(c(C)c1OCC(O)COC1C(=O)C(=O)OC1C(O)CO)CCC(C)(CCCC(C)CCCC(C)CCCC(C)C)O2. The highest BCUT2D eigenvalue weighted by molar-refractivity contribution is 6.37. The lowest BCUT2D eigenvalue weighted by Gasteiger charge is -2.38. The number of hydrogen-bond acceptors (Lipinski definition) is 9. The van der Waals surface area contributed by atoms with E-state index in [2.05, 4.69) is 34.6 Å². The van der Waals surface area contributed by atoms with Gasteiger partial charge in [0.05, 0.1) is 13.2 Å². The van der Waals surface area contributed by atoms with Crippen molar-refractivity contribution in [2.75, 3.05) is 19.8 Å². The Labute approximate surface area is 282 Å². The lowest BCUT2D eigenvalue weighted by Crippen LogP contribution is -2.42. The van der Waals surface area contributed by atoms with Gasteiger partial charge in [0.2, 0.25) is 0 Å². The fraction of sp³-hybridized carbons (Fsp3) is 0.789. The van der Waals surface area contributed by atoms with Crippen molar-refractivity contribution in [3.8, 4) is 11.5 Å². The van der Waals surface area contributed by atoms with Crippen LogP contribution in [0.4, 0.5) is 0 Å². The predicted octanol–water partition coefficient (Wildman–Crippen LogP) is 6.11. The number of ketones is 1. The highest BCUT2D eigenvalue weighted by Crippen LogP contribution is 2.45. The van der Waals surface area contributed by atoms with Crippen LogP contribution in [0.1, 0.15) is 121 Å². The molecule has 2 heterocycles. The number of rotatable bonds is 20. The molecule has 0 radical (unpaired) electrons. The molecule has 9 heteroatoms. The molecule has 1 aromatic carbocycles. The van der Waals surface area contributed by atoms with E-state index in [9.17, 15) is 24.9 Å². The maximum Gasteiger partial charge on any atom is 0.378 e. The van der Waals surface area contributed by atoms with Gasteiger partial charge in [-0.25, -0.2) is 4.79 Å². The van der Waals surface area contributed by atoms with Crippen LogP contribution in [-0.2, 0) is 25.5 Å². The summed E-state index contributed by atoms with van der Waals surface area (Å²) in [5.41, 5.74) is 3.89. The average Bonchev–Trinajstić information content (AvgIpc) is 3.30. The summed E-state index contributed by atoms with van der Waals surface area (Å²) in [4.78, 5) is 23.8. The van der Waals surface area contributed by atoms with E-state index >= 15 is 0 Å². The van der Waals surface area contributed by atoms with Crippen molar-refractivity contribution in [1.29, 1.82) is 0 Å². The van der Waals surface area contributed by atoms with Crippen LogP contribution in [0.2, 0.25) is 0 Å². The Morgan fingerprint density at radius 1 is 0.872 bits per heavy atom. The number of hydrogen-bond donors (Lipinski definition) is 3. The van der Waals surface area contributed by atoms with Gasteiger partial charge in [-0.1, -0.05) is 72.6 Å². The summed E-state index contributed by atoms with van der Waals surface area (Å²) in [6.45, 7) is 16.6. The summed E-state index contributed by atoms with van der Waals surface area (Å²) < 4.78 is 23.1. The highest BCUT2D eigenvalue weighted by atomic mass is 16.6. The van der Waals surface area contributed by atoms with Crippen LogP contribution in [0.3, 0.4) is 0 Å². The summed E-state index contributed by atoms with van der Waals surface area (Å²) in [5, 5.41) is 29.7. The second kappa shape index (κ2) is 18.0. The van der Waals surface area contributed by atoms with Gasteiger partial charge in [0, 0.05) is 5.56 Å². The van der Waals surface area contributed by atoms with E-state index in [1.54, 1.807) is 0 Å². The van der Waals surface area contributed by atoms with Gasteiger partial charge in [-0.2, -0.15) is 0 Å². The van der Waals surface area contributed by atoms with Crippen molar-refractivity contribution < 1.29 is 43.9 Å². The quantitative estimate of drug-likeness (QED) is 0.112. The van der Waals surface area contributed by atoms with E-state index in [4.69, 9.17) is 18.9 Å². The third-order valence-corrected chi connectivity index (χ3v) is 10.3. The molecule has 3 rings (SSSR count). The molecule has 0 aromatic heterocycles. The minimum Gasteiger partial charge on any atom is -0.490 e. The molecule has 1 saturated heterocycles. The topological polar surface area (TPSA) is 132 Å². The van der Waals surface area contributed by atoms with Gasteiger partial charge in [0.15, 0.2) is 12.2 Å². The zero-order valence-electron chi connectivity index (χ0n) is 30.2. The first-order valence-electron chi connectivity index (χ1n) is 17.9. The molecule has 2 aliphatic rings. The van der Waals surface area contributed by atoms with Crippen molar-refractivity contribution in [2.24, 2.45) is 17.8 Å². The third kappa shape index (κ3) is 10.9. The summed E-state index contributed by atoms with van der Waals surface area (Å²) in [7, 11) is 0. The Morgan fingerprint density at radius 3 is 2.11 bits per heavy atom. The van der Waals surface area contributed by atoms with Gasteiger partial charge in [0.25, 0.3) is 5.78 Å². The average molecular weight is 663 g/mol. The monoisotopic (exact) mass is 662 g/mol. The van der Waals surface area contributed by atoms with Gasteiger partial charge in [0.1, 0.15) is 35.9 Å². The second-order valence-corrected chi connectivity index (χ2v) is 15.1. The van der Waals surface area contributed by atoms with Crippen molar-refractivity contribution in [2.45, 2.75) is 156 Å². The lowest BCUT2D eigenvalue weighted by molar-refractivity contribution is -0.152. The fourth-order valence-corrected chi connectivity index (χ4v) is 6.98. The maximum atomic E-state index is 12.1. The Balaban J connectivity index is 1.49. The van der Waals surface area contributed by atoms with Crippen LogP contribution >= 0.6 is 0 Å². The lowest BCUT2D eigenvalue weighted by atomic mass is 9.83. The minimum atomic E-state index is -1.46. The van der Waals surface area contributed by atoms with Crippen LogP contribution in [-0.4, -0.2) is 76.9 Å². The summed E-state index contributed by atoms with van der Waals surface area (Å²) >= 11 is 0. The van der Waals surface area contributed by atoms with Crippen molar-refractivity contribution in [3.63, 3.8) is 0 Å². The molecule has 3 N–H and O–H groups in total. The van der Waals surface area contributed by atoms with Crippen LogP contribution in [0.15, 0.2) is 0 Å². The van der Waals surface area contributed by atoms with E-state index in [1.165, 1.54) is 44.9 Å². The molecule has 0 aliphatic carbocycles. The Morgan fingerprint density at radius 2 is 1.49 bits per heavy atom. The molecular weight excluding hydrogens is 600 g/mol. The number of aliphatic hydroxyl groups is 3. The molecule has 1 aromatic rings.